The second-order valence-corrected chi connectivity index (χ2v) is 6.50. The fraction of sp³-hybridized carbons (Fsp3) is 0.533. The molecule has 110 valence electrons. The highest BCUT2D eigenvalue weighted by Gasteiger charge is 2.33. The fourth-order valence-corrected chi connectivity index (χ4v) is 3.41. The average molecular weight is 294 g/mol. The number of hydrogen-bond donors (Lipinski definition) is 2. The highest BCUT2D eigenvalue weighted by Crippen LogP contribution is 2.39. The minimum absolute atomic E-state index is 0.0500. The van der Waals surface area contributed by atoms with Crippen LogP contribution in [0, 0.1) is 0 Å². The van der Waals surface area contributed by atoms with Crippen molar-refractivity contribution in [3.8, 4) is 5.75 Å². The van der Waals surface area contributed by atoms with Crippen LogP contribution >= 0.6 is 11.8 Å². The van der Waals surface area contributed by atoms with Crippen LogP contribution in [0.15, 0.2) is 24.3 Å². The van der Waals surface area contributed by atoms with Crippen LogP contribution in [0.2, 0.25) is 0 Å². The Morgan fingerprint density at radius 2 is 2.00 bits per heavy atom. The van der Waals surface area contributed by atoms with E-state index in [1.807, 2.05) is 11.8 Å². The number of hydrogen-bond acceptors (Lipinski definition) is 4. The summed E-state index contributed by atoms with van der Waals surface area (Å²) in [6.07, 6.45) is 7.03. The van der Waals surface area contributed by atoms with Gasteiger partial charge in [-0.1, -0.05) is 12.8 Å². The number of amides is 1. The maximum Gasteiger partial charge on any atom is 0.257 e. The summed E-state index contributed by atoms with van der Waals surface area (Å²) < 4.78 is 5.66. The maximum absolute atomic E-state index is 11.8. The number of benzene rings is 1. The monoisotopic (exact) mass is 294 g/mol. The van der Waals surface area contributed by atoms with E-state index in [1.165, 1.54) is 25.7 Å². The summed E-state index contributed by atoms with van der Waals surface area (Å²) in [5, 5.41) is 2.99. The minimum atomic E-state index is -0.0675. The number of nitrogens with one attached hydrogen (secondary N) is 1. The molecule has 1 aromatic carbocycles. The largest absolute Gasteiger partial charge is 0.484 e. The zero-order valence-electron chi connectivity index (χ0n) is 11.9. The topological polar surface area (TPSA) is 64.3 Å². The zero-order chi connectivity index (χ0) is 14.4. The maximum atomic E-state index is 11.8. The molecule has 4 nitrogen and oxygen atoms in total. The number of anilines is 1. The Balaban J connectivity index is 1.74. The minimum Gasteiger partial charge on any atom is -0.484 e. The van der Waals surface area contributed by atoms with E-state index in [0.717, 1.165) is 6.54 Å². The van der Waals surface area contributed by atoms with Crippen LogP contribution in [0.5, 0.6) is 5.75 Å². The van der Waals surface area contributed by atoms with Gasteiger partial charge in [0.05, 0.1) is 0 Å². The molecule has 20 heavy (non-hydrogen) atoms. The Labute approximate surface area is 124 Å². The van der Waals surface area contributed by atoms with E-state index >= 15 is 0 Å². The number of rotatable bonds is 6. The third kappa shape index (κ3) is 4.07. The lowest BCUT2D eigenvalue weighted by Gasteiger charge is -2.26. The first-order valence-electron chi connectivity index (χ1n) is 6.94. The van der Waals surface area contributed by atoms with Gasteiger partial charge in [0.1, 0.15) is 5.75 Å². The summed E-state index contributed by atoms with van der Waals surface area (Å²) in [6.45, 7) is 0.784. The van der Waals surface area contributed by atoms with Gasteiger partial charge in [-0.2, -0.15) is 11.8 Å². The second-order valence-electron chi connectivity index (χ2n) is 5.23. The molecular formula is C15H22N2O2S. The lowest BCUT2D eigenvalue weighted by molar-refractivity contribution is -0.123. The van der Waals surface area contributed by atoms with Gasteiger partial charge in [0, 0.05) is 17.0 Å². The van der Waals surface area contributed by atoms with Gasteiger partial charge in [0.25, 0.3) is 5.91 Å². The van der Waals surface area contributed by atoms with Crippen molar-refractivity contribution in [2.75, 3.05) is 25.1 Å². The van der Waals surface area contributed by atoms with Crippen molar-refractivity contribution in [3.05, 3.63) is 24.3 Å². The van der Waals surface area contributed by atoms with E-state index in [2.05, 4.69) is 11.6 Å². The van der Waals surface area contributed by atoms with Gasteiger partial charge in [-0.15, -0.1) is 0 Å². The Morgan fingerprint density at radius 1 is 1.35 bits per heavy atom. The molecule has 0 atom stereocenters. The van der Waals surface area contributed by atoms with Gasteiger partial charge in [0.2, 0.25) is 0 Å². The van der Waals surface area contributed by atoms with Crippen molar-refractivity contribution in [2.45, 2.75) is 30.4 Å². The molecule has 1 aliphatic rings. The van der Waals surface area contributed by atoms with E-state index in [1.54, 1.807) is 24.3 Å². The molecule has 0 spiro atoms. The van der Waals surface area contributed by atoms with Crippen LogP contribution in [0.25, 0.3) is 0 Å². The molecule has 1 aromatic rings. The van der Waals surface area contributed by atoms with Gasteiger partial charge in [-0.3, -0.25) is 4.79 Å². The molecule has 1 fully saturated rings. The van der Waals surface area contributed by atoms with Crippen molar-refractivity contribution in [1.29, 1.82) is 0 Å². The fourth-order valence-electron chi connectivity index (χ4n) is 2.50. The molecule has 2 rings (SSSR count). The molecule has 3 N–H and O–H groups in total. The molecule has 0 aromatic heterocycles. The van der Waals surface area contributed by atoms with E-state index in [4.69, 9.17) is 10.5 Å². The molecule has 0 aliphatic heterocycles. The molecule has 0 radical (unpaired) electrons. The Bertz CT molecular complexity index is 442. The van der Waals surface area contributed by atoms with Crippen molar-refractivity contribution in [3.63, 3.8) is 0 Å². The smallest absolute Gasteiger partial charge is 0.257 e. The van der Waals surface area contributed by atoms with Crippen LogP contribution in [0.3, 0.4) is 0 Å². The van der Waals surface area contributed by atoms with Gasteiger partial charge < -0.3 is 15.8 Å². The van der Waals surface area contributed by atoms with Gasteiger partial charge in [-0.05, 0) is 43.4 Å². The molecule has 0 bridgehead atoms. The lowest BCUT2D eigenvalue weighted by atomic mass is 10.1. The van der Waals surface area contributed by atoms with Crippen LogP contribution in [-0.4, -0.2) is 30.1 Å². The van der Waals surface area contributed by atoms with Gasteiger partial charge >= 0.3 is 0 Å². The average Bonchev–Trinajstić information content (AvgIpc) is 2.94. The molecule has 0 unspecified atom stereocenters. The molecule has 1 aliphatic carbocycles. The van der Waals surface area contributed by atoms with Crippen LogP contribution in [0.1, 0.15) is 25.7 Å². The SMILES string of the molecule is CSC1(CNC(=O)COc2ccc(N)cc2)CCCC1. The Hall–Kier alpha value is -1.36. The van der Waals surface area contributed by atoms with Gasteiger partial charge in [0.15, 0.2) is 6.61 Å². The molecule has 1 saturated carbocycles. The van der Waals surface area contributed by atoms with E-state index in [-0.39, 0.29) is 17.3 Å². The predicted octanol–water partition coefficient (Wildman–Crippen LogP) is 2.44. The lowest BCUT2D eigenvalue weighted by Crippen LogP contribution is -2.40. The highest BCUT2D eigenvalue weighted by atomic mass is 32.2. The number of ether oxygens (including phenoxy) is 1. The Morgan fingerprint density at radius 3 is 2.60 bits per heavy atom. The third-order valence-electron chi connectivity index (χ3n) is 3.81. The third-order valence-corrected chi connectivity index (χ3v) is 5.22. The summed E-state index contributed by atoms with van der Waals surface area (Å²) in [5.41, 5.74) is 6.28. The quantitative estimate of drug-likeness (QED) is 0.791. The molecular weight excluding hydrogens is 272 g/mol. The summed E-state index contributed by atoms with van der Waals surface area (Å²) in [5.74, 6) is 0.594. The first kappa shape index (κ1) is 15.0. The summed E-state index contributed by atoms with van der Waals surface area (Å²) in [7, 11) is 0. The van der Waals surface area contributed by atoms with E-state index in [0.29, 0.717) is 11.4 Å². The number of nitrogen functional groups attached to an aromatic ring is 1. The van der Waals surface area contributed by atoms with Crippen molar-refractivity contribution in [2.24, 2.45) is 0 Å². The summed E-state index contributed by atoms with van der Waals surface area (Å²) >= 11 is 1.87. The second kappa shape index (κ2) is 6.88. The van der Waals surface area contributed by atoms with Crippen molar-refractivity contribution in [1.82, 2.24) is 5.32 Å². The standard InChI is InChI=1S/C15H22N2O2S/c1-20-15(8-2-3-9-15)11-17-14(18)10-19-13-6-4-12(16)5-7-13/h4-7H,2-3,8-11,16H2,1H3,(H,17,18). The predicted molar refractivity (Wildman–Crippen MR) is 84.1 cm³/mol. The van der Waals surface area contributed by atoms with Crippen molar-refractivity contribution < 1.29 is 9.53 Å². The number of thioether (sulfide) groups is 1. The van der Waals surface area contributed by atoms with Crippen LogP contribution < -0.4 is 15.8 Å². The van der Waals surface area contributed by atoms with Gasteiger partial charge in [-0.25, -0.2) is 0 Å². The number of carbonyl (C=O) groups is 1. The van der Waals surface area contributed by atoms with Crippen LogP contribution in [0.4, 0.5) is 5.69 Å². The first-order chi connectivity index (χ1) is 9.63. The number of carbonyl (C=O) groups excluding carboxylic acids is 1. The molecule has 0 heterocycles. The molecule has 5 heteroatoms. The molecule has 1 amide bonds. The highest BCUT2D eigenvalue weighted by molar-refractivity contribution is 8.00. The zero-order valence-corrected chi connectivity index (χ0v) is 12.7. The van der Waals surface area contributed by atoms with E-state index in [9.17, 15) is 4.79 Å². The number of nitrogens with two attached hydrogens (primary N) is 1. The van der Waals surface area contributed by atoms with Crippen molar-refractivity contribution >= 4 is 23.4 Å². The first-order valence-corrected chi connectivity index (χ1v) is 8.16. The summed E-state index contributed by atoms with van der Waals surface area (Å²) in [6, 6.07) is 7.05. The van der Waals surface area contributed by atoms with E-state index < -0.39 is 0 Å². The summed E-state index contributed by atoms with van der Waals surface area (Å²) in [4.78, 5) is 11.8. The Kier molecular flexibility index (Phi) is 5.17. The normalized spacial score (nSPS) is 16.9. The molecule has 0 saturated heterocycles. The van der Waals surface area contributed by atoms with Crippen LogP contribution in [-0.2, 0) is 4.79 Å².